The molecule has 0 bridgehead atoms. The summed E-state index contributed by atoms with van der Waals surface area (Å²) in [4.78, 5) is 14.3. The SMILES string of the molecule is CCc1ccc(C(=O)NNS(=O)(=O)c2ccc(C(C)(C)C)cc2)cc1. The third-order valence-corrected chi connectivity index (χ3v) is 5.22. The van der Waals surface area contributed by atoms with E-state index in [4.69, 9.17) is 0 Å². The fraction of sp³-hybridized carbons (Fsp3) is 0.316. The topological polar surface area (TPSA) is 75.3 Å². The molecule has 0 aliphatic rings. The zero-order valence-electron chi connectivity index (χ0n) is 15.0. The van der Waals surface area contributed by atoms with E-state index in [9.17, 15) is 13.2 Å². The van der Waals surface area contributed by atoms with Crippen molar-refractivity contribution < 1.29 is 13.2 Å². The van der Waals surface area contributed by atoms with E-state index in [1.807, 2.05) is 19.1 Å². The van der Waals surface area contributed by atoms with Gasteiger partial charge in [-0.1, -0.05) is 52.0 Å². The van der Waals surface area contributed by atoms with E-state index in [1.165, 1.54) is 12.1 Å². The van der Waals surface area contributed by atoms with Crippen molar-refractivity contribution in [1.82, 2.24) is 10.3 Å². The van der Waals surface area contributed by atoms with Gasteiger partial charge in [0.05, 0.1) is 4.90 Å². The normalized spacial score (nSPS) is 12.0. The molecule has 0 fully saturated rings. The van der Waals surface area contributed by atoms with E-state index in [2.05, 4.69) is 31.0 Å². The lowest BCUT2D eigenvalue weighted by Gasteiger charge is -2.19. The monoisotopic (exact) mass is 360 g/mol. The molecule has 0 saturated carbocycles. The van der Waals surface area contributed by atoms with Crippen LogP contribution in [0.5, 0.6) is 0 Å². The van der Waals surface area contributed by atoms with E-state index in [0.717, 1.165) is 17.5 Å². The number of amides is 1. The van der Waals surface area contributed by atoms with Crippen LogP contribution in [-0.4, -0.2) is 14.3 Å². The second kappa shape index (κ2) is 7.37. The molecular weight excluding hydrogens is 336 g/mol. The number of hydrogen-bond donors (Lipinski definition) is 2. The van der Waals surface area contributed by atoms with E-state index in [1.54, 1.807) is 24.3 Å². The van der Waals surface area contributed by atoms with Gasteiger partial charge < -0.3 is 0 Å². The Hall–Kier alpha value is -2.18. The molecule has 0 atom stereocenters. The van der Waals surface area contributed by atoms with Gasteiger partial charge in [0.1, 0.15) is 0 Å². The van der Waals surface area contributed by atoms with Crippen molar-refractivity contribution in [3.05, 3.63) is 65.2 Å². The van der Waals surface area contributed by atoms with Crippen LogP contribution in [0.3, 0.4) is 0 Å². The molecule has 2 aromatic carbocycles. The van der Waals surface area contributed by atoms with E-state index in [-0.39, 0.29) is 10.3 Å². The maximum Gasteiger partial charge on any atom is 0.266 e. The third-order valence-electron chi connectivity index (χ3n) is 3.95. The minimum Gasteiger partial charge on any atom is -0.273 e. The summed E-state index contributed by atoms with van der Waals surface area (Å²) in [6.45, 7) is 8.19. The molecule has 2 N–H and O–H groups in total. The molecule has 25 heavy (non-hydrogen) atoms. The third kappa shape index (κ3) is 4.90. The summed E-state index contributed by atoms with van der Waals surface area (Å²) in [5.74, 6) is -0.502. The molecular formula is C19H24N2O3S. The van der Waals surface area contributed by atoms with Crippen molar-refractivity contribution in [2.75, 3.05) is 0 Å². The largest absolute Gasteiger partial charge is 0.273 e. The lowest BCUT2D eigenvalue weighted by molar-refractivity contribution is 0.0945. The molecule has 0 aliphatic carbocycles. The average molecular weight is 360 g/mol. The van der Waals surface area contributed by atoms with Crippen molar-refractivity contribution in [3.63, 3.8) is 0 Å². The van der Waals surface area contributed by atoms with Crippen LogP contribution in [0, 0.1) is 0 Å². The number of benzene rings is 2. The van der Waals surface area contributed by atoms with Gasteiger partial charge in [-0.3, -0.25) is 10.2 Å². The predicted octanol–water partition coefficient (Wildman–Crippen LogP) is 3.17. The number of hydrogen-bond acceptors (Lipinski definition) is 3. The summed E-state index contributed by atoms with van der Waals surface area (Å²) in [7, 11) is -3.82. The number of sulfonamides is 1. The first-order chi connectivity index (χ1) is 11.6. The molecule has 0 saturated heterocycles. The van der Waals surface area contributed by atoms with Gasteiger partial charge in [0.2, 0.25) is 0 Å². The summed E-state index contributed by atoms with van der Waals surface area (Å²) >= 11 is 0. The van der Waals surface area contributed by atoms with Gasteiger partial charge in [-0.05, 0) is 47.2 Å². The summed E-state index contributed by atoms with van der Waals surface area (Å²) in [6, 6.07) is 13.6. The Labute approximate surface area is 149 Å². The highest BCUT2D eigenvalue weighted by atomic mass is 32.2. The van der Waals surface area contributed by atoms with Gasteiger partial charge in [0.15, 0.2) is 0 Å². The minimum absolute atomic E-state index is 0.0609. The molecule has 0 unspecified atom stereocenters. The minimum atomic E-state index is -3.82. The maximum absolute atomic E-state index is 12.3. The smallest absolute Gasteiger partial charge is 0.266 e. The predicted molar refractivity (Wildman–Crippen MR) is 98.7 cm³/mol. The van der Waals surface area contributed by atoms with E-state index >= 15 is 0 Å². The number of carbonyl (C=O) groups is 1. The molecule has 0 radical (unpaired) electrons. The Morgan fingerprint density at radius 1 is 0.960 bits per heavy atom. The number of nitrogens with one attached hydrogen (secondary N) is 2. The number of rotatable bonds is 5. The van der Waals surface area contributed by atoms with Gasteiger partial charge in [-0.15, -0.1) is 4.83 Å². The first kappa shape index (κ1) is 19.1. The highest BCUT2D eigenvalue weighted by molar-refractivity contribution is 7.89. The standard InChI is InChI=1S/C19H24N2O3S/c1-5-14-6-8-15(9-7-14)18(22)20-21-25(23,24)17-12-10-16(11-13-17)19(2,3)4/h6-13,21H,5H2,1-4H3,(H,20,22). The number of aryl methyl sites for hydroxylation is 1. The number of carbonyl (C=O) groups excluding carboxylic acids is 1. The first-order valence-corrected chi connectivity index (χ1v) is 9.63. The Morgan fingerprint density at radius 3 is 2.00 bits per heavy atom. The average Bonchev–Trinajstić information content (AvgIpc) is 2.59. The molecule has 134 valence electrons. The van der Waals surface area contributed by atoms with E-state index < -0.39 is 15.9 Å². The van der Waals surface area contributed by atoms with Crippen molar-refractivity contribution >= 4 is 15.9 Å². The molecule has 0 heterocycles. The summed E-state index contributed by atoms with van der Waals surface area (Å²) in [5, 5.41) is 0. The Kier molecular flexibility index (Phi) is 5.65. The van der Waals surface area contributed by atoms with Crippen LogP contribution >= 0.6 is 0 Å². The molecule has 1 amide bonds. The van der Waals surface area contributed by atoms with Crippen LogP contribution in [-0.2, 0) is 21.9 Å². The van der Waals surface area contributed by atoms with Gasteiger partial charge in [-0.25, -0.2) is 8.42 Å². The first-order valence-electron chi connectivity index (χ1n) is 8.15. The summed E-state index contributed by atoms with van der Waals surface area (Å²) in [6.07, 6.45) is 0.874. The quantitative estimate of drug-likeness (QED) is 0.804. The lowest BCUT2D eigenvalue weighted by atomic mass is 9.87. The lowest BCUT2D eigenvalue weighted by Crippen LogP contribution is -2.41. The van der Waals surface area contributed by atoms with Crippen LogP contribution < -0.4 is 10.3 Å². The van der Waals surface area contributed by atoms with Crippen LogP contribution in [0.15, 0.2) is 53.4 Å². The van der Waals surface area contributed by atoms with Crippen LogP contribution in [0.4, 0.5) is 0 Å². The van der Waals surface area contributed by atoms with Crippen molar-refractivity contribution in [2.45, 2.75) is 44.4 Å². The summed E-state index contributed by atoms with van der Waals surface area (Å²) in [5.41, 5.74) is 4.72. The second-order valence-corrected chi connectivity index (χ2v) is 8.57. The van der Waals surface area contributed by atoms with Crippen LogP contribution in [0.2, 0.25) is 0 Å². The Balaban J connectivity index is 2.06. The highest BCUT2D eigenvalue weighted by Gasteiger charge is 2.18. The number of hydrazine groups is 1. The fourth-order valence-electron chi connectivity index (χ4n) is 2.27. The molecule has 2 rings (SSSR count). The Bertz CT molecular complexity index is 834. The van der Waals surface area contributed by atoms with Crippen molar-refractivity contribution in [1.29, 1.82) is 0 Å². The maximum atomic E-state index is 12.3. The molecule has 0 aliphatic heterocycles. The van der Waals surface area contributed by atoms with Crippen molar-refractivity contribution in [2.24, 2.45) is 0 Å². The molecule has 0 spiro atoms. The Morgan fingerprint density at radius 2 is 1.52 bits per heavy atom. The van der Waals surface area contributed by atoms with Crippen molar-refractivity contribution in [3.8, 4) is 0 Å². The zero-order chi connectivity index (χ0) is 18.7. The molecule has 0 aromatic heterocycles. The molecule has 6 heteroatoms. The zero-order valence-corrected chi connectivity index (χ0v) is 15.8. The summed E-state index contributed by atoms with van der Waals surface area (Å²) < 4.78 is 24.6. The fourth-order valence-corrected chi connectivity index (χ4v) is 3.11. The second-order valence-electron chi connectivity index (χ2n) is 6.88. The van der Waals surface area contributed by atoms with Gasteiger partial charge in [0.25, 0.3) is 15.9 Å². The van der Waals surface area contributed by atoms with Crippen LogP contribution in [0.1, 0.15) is 49.2 Å². The van der Waals surface area contributed by atoms with Gasteiger partial charge >= 0.3 is 0 Å². The van der Waals surface area contributed by atoms with Gasteiger partial charge in [0, 0.05) is 5.56 Å². The van der Waals surface area contributed by atoms with Crippen LogP contribution in [0.25, 0.3) is 0 Å². The highest BCUT2D eigenvalue weighted by Crippen LogP contribution is 2.23. The van der Waals surface area contributed by atoms with Gasteiger partial charge in [-0.2, -0.15) is 0 Å². The molecule has 5 nitrogen and oxygen atoms in total. The molecule has 2 aromatic rings. The van der Waals surface area contributed by atoms with E-state index in [0.29, 0.717) is 5.56 Å².